The summed E-state index contributed by atoms with van der Waals surface area (Å²) in [5, 5.41) is 33.8. The van der Waals surface area contributed by atoms with Crippen molar-refractivity contribution in [2.75, 3.05) is 0 Å². The van der Waals surface area contributed by atoms with Gasteiger partial charge in [0, 0.05) is 22.4 Å². The van der Waals surface area contributed by atoms with Gasteiger partial charge in [0.15, 0.2) is 0 Å². The average molecular weight is 371 g/mol. The van der Waals surface area contributed by atoms with Gasteiger partial charge >= 0.3 is 0 Å². The molecule has 4 aromatic rings. The summed E-state index contributed by atoms with van der Waals surface area (Å²) in [5.41, 5.74) is 1.49. The average Bonchev–Trinajstić information content (AvgIpc) is 2.77. The van der Waals surface area contributed by atoms with E-state index in [9.17, 15) is 15.8 Å². The third kappa shape index (κ3) is 2.45. The maximum Gasteiger partial charge on any atom is 0.102 e. The number of rotatable bonds is 2. The van der Waals surface area contributed by atoms with Gasteiger partial charge in [-0.2, -0.15) is 15.8 Å². The third-order valence-electron chi connectivity index (χ3n) is 5.00. The third-order valence-corrected chi connectivity index (χ3v) is 5.00. The number of nitrogens with zero attached hydrogens (tertiary/aromatic N) is 5. The molecule has 0 aliphatic rings. The van der Waals surface area contributed by atoms with Gasteiger partial charge in [0.25, 0.3) is 0 Å². The van der Waals surface area contributed by atoms with Crippen molar-refractivity contribution in [3.05, 3.63) is 59.2 Å². The van der Waals surface area contributed by atoms with Gasteiger partial charge in [0.2, 0.25) is 0 Å². The molecule has 134 valence electrons. The maximum atomic E-state index is 9.90. The van der Waals surface area contributed by atoms with Crippen LogP contribution in [0.5, 0.6) is 0 Å². The van der Waals surface area contributed by atoms with Crippen molar-refractivity contribution in [1.29, 1.82) is 15.8 Å². The van der Waals surface area contributed by atoms with E-state index in [0.717, 1.165) is 21.5 Å². The Hall–Kier alpha value is -4.53. The molecule has 0 saturated heterocycles. The molecular formula is C24H13N5. The fourth-order valence-electron chi connectivity index (χ4n) is 3.86. The van der Waals surface area contributed by atoms with E-state index < -0.39 is 0 Å². The lowest BCUT2D eigenvalue weighted by Gasteiger charge is -2.16. The second kappa shape index (κ2) is 6.89. The molecule has 0 aromatic heterocycles. The summed E-state index contributed by atoms with van der Waals surface area (Å²) >= 11 is 0. The minimum atomic E-state index is 0.0719. The summed E-state index contributed by atoms with van der Waals surface area (Å²) in [4.78, 5) is 8.78. The number of nitriles is 3. The second-order valence-corrected chi connectivity index (χ2v) is 6.38. The van der Waals surface area contributed by atoms with Gasteiger partial charge in [-0.05, 0) is 35.9 Å². The molecule has 0 fully saturated rings. The van der Waals surface area contributed by atoms with Crippen LogP contribution in [-0.4, -0.2) is 12.9 Å². The lowest BCUT2D eigenvalue weighted by molar-refractivity contribution is 1.41. The number of fused-ring (bicyclic) bond motifs is 5. The van der Waals surface area contributed by atoms with Crippen LogP contribution in [0.1, 0.15) is 23.6 Å². The van der Waals surface area contributed by atoms with Crippen LogP contribution in [0.4, 0.5) is 11.4 Å². The SMILES string of the molecule is C=Nc1c(/N=C\C)c2cc(C#N)c(C#N)c(C#N)c2c2ccc3ccccc3c12. The molecule has 4 aromatic carbocycles. The highest BCUT2D eigenvalue weighted by molar-refractivity contribution is 6.27. The van der Waals surface area contributed by atoms with Crippen molar-refractivity contribution in [3.63, 3.8) is 0 Å². The van der Waals surface area contributed by atoms with Crippen LogP contribution in [0.25, 0.3) is 32.3 Å². The highest BCUT2D eigenvalue weighted by Crippen LogP contribution is 2.47. The van der Waals surface area contributed by atoms with Gasteiger partial charge in [0.1, 0.15) is 18.2 Å². The van der Waals surface area contributed by atoms with Gasteiger partial charge in [-0.3, -0.25) is 9.98 Å². The molecule has 4 rings (SSSR count). The van der Waals surface area contributed by atoms with Gasteiger partial charge in [-0.15, -0.1) is 0 Å². The molecule has 0 saturated carbocycles. The molecule has 0 radical (unpaired) electrons. The van der Waals surface area contributed by atoms with Crippen LogP contribution >= 0.6 is 0 Å². The van der Waals surface area contributed by atoms with E-state index in [1.54, 1.807) is 19.2 Å². The normalized spacial score (nSPS) is 10.8. The molecule has 0 heterocycles. The Balaban J connectivity index is 2.48. The zero-order chi connectivity index (χ0) is 20.5. The largest absolute Gasteiger partial charge is 0.262 e. The van der Waals surface area contributed by atoms with Gasteiger partial charge in [-0.1, -0.05) is 36.4 Å². The predicted molar refractivity (Wildman–Crippen MR) is 116 cm³/mol. The van der Waals surface area contributed by atoms with Crippen LogP contribution in [0, 0.1) is 34.0 Å². The standard InChI is InChI=1S/C24H13N5/c1-3-29-23-18-10-15(11-25)19(12-26)20(13-27)21(18)17-9-8-14-6-4-5-7-16(14)22(17)24(23)28-2/h3-10H,2H2,1H3/b29-3-. The molecule has 5 heteroatoms. The highest BCUT2D eigenvalue weighted by Gasteiger charge is 2.22. The number of hydrogen-bond acceptors (Lipinski definition) is 5. The minimum absolute atomic E-state index is 0.0719. The zero-order valence-corrected chi connectivity index (χ0v) is 15.6. The smallest absolute Gasteiger partial charge is 0.102 e. The van der Waals surface area contributed by atoms with Crippen LogP contribution in [-0.2, 0) is 0 Å². The van der Waals surface area contributed by atoms with Crippen molar-refractivity contribution in [2.24, 2.45) is 9.98 Å². The first kappa shape index (κ1) is 17.9. The first-order valence-corrected chi connectivity index (χ1v) is 8.84. The molecule has 0 aliphatic carbocycles. The molecule has 0 unspecified atom stereocenters. The fourth-order valence-corrected chi connectivity index (χ4v) is 3.86. The van der Waals surface area contributed by atoms with Crippen LogP contribution in [0.15, 0.2) is 52.4 Å². The van der Waals surface area contributed by atoms with E-state index in [0.29, 0.717) is 22.1 Å². The van der Waals surface area contributed by atoms with E-state index in [2.05, 4.69) is 22.8 Å². The molecule has 0 aliphatic heterocycles. The lowest BCUT2D eigenvalue weighted by atomic mass is 9.88. The summed E-state index contributed by atoms with van der Waals surface area (Å²) in [6.07, 6.45) is 1.64. The minimum Gasteiger partial charge on any atom is -0.262 e. The number of hydrogen-bond donors (Lipinski definition) is 0. The maximum absolute atomic E-state index is 9.90. The Morgan fingerprint density at radius 3 is 2.24 bits per heavy atom. The van der Waals surface area contributed by atoms with Crippen molar-refractivity contribution in [3.8, 4) is 18.2 Å². The molecule has 0 atom stereocenters. The molecule has 29 heavy (non-hydrogen) atoms. The van der Waals surface area contributed by atoms with Crippen LogP contribution in [0.2, 0.25) is 0 Å². The Kier molecular flexibility index (Phi) is 4.24. The van der Waals surface area contributed by atoms with E-state index in [1.165, 1.54) is 0 Å². The summed E-state index contributed by atoms with van der Waals surface area (Å²) in [5.74, 6) is 0. The zero-order valence-electron chi connectivity index (χ0n) is 15.6. The summed E-state index contributed by atoms with van der Waals surface area (Å²) in [7, 11) is 0. The topological polar surface area (TPSA) is 96.1 Å². The Labute approximate surface area is 167 Å². The Bertz CT molecular complexity index is 1510. The molecule has 0 N–H and O–H groups in total. The summed E-state index contributed by atoms with van der Waals surface area (Å²) < 4.78 is 0. The van der Waals surface area contributed by atoms with Gasteiger partial charge < -0.3 is 0 Å². The number of aliphatic imine (C=N–C) groups is 2. The highest BCUT2D eigenvalue weighted by atomic mass is 14.8. The van der Waals surface area contributed by atoms with Gasteiger partial charge in [-0.25, -0.2) is 0 Å². The van der Waals surface area contributed by atoms with E-state index in [-0.39, 0.29) is 16.7 Å². The van der Waals surface area contributed by atoms with E-state index in [1.807, 2.05) is 48.5 Å². The lowest BCUT2D eigenvalue weighted by Crippen LogP contribution is -1.95. The molecular weight excluding hydrogens is 358 g/mol. The van der Waals surface area contributed by atoms with Crippen molar-refractivity contribution >= 4 is 56.6 Å². The van der Waals surface area contributed by atoms with Crippen molar-refractivity contribution in [2.45, 2.75) is 6.92 Å². The summed E-state index contributed by atoms with van der Waals surface area (Å²) in [6, 6.07) is 19.6. The quantitative estimate of drug-likeness (QED) is 0.328. The fraction of sp³-hybridized carbons (Fsp3) is 0.0417. The van der Waals surface area contributed by atoms with E-state index >= 15 is 0 Å². The van der Waals surface area contributed by atoms with Crippen molar-refractivity contribution < 1.29 is 0 Å². The van der Waals surface area contributed by atoms with Crippen LogP contribution < -0.4 is 0 Å². The predicted octanol–water partition coefficient (Wildman–Crippen LogP) is 5.82. The number of benzene rings is 4. The van der Waals surface area contributed by atoms with Crippen molar-refractivity contribution in [1.82, 2.24) is 0 Å². The molecule has 0 bridgehead atoms. The molecule has 0 amide bonds. The van der Waals surface area contributed by atoms with E-state index in [4.69, 9.17) is 0 Å². The molecule has 0 spiro atoms. The second-order valence-electron chi connectivity index (χ2n) is 6.38. The van der Waals surface area contributed by atoms with Gasteiger partial charge in [0.05, 0.1) is 28.1 Å². The Morgan fingerprint density at radius 2 is 1.59 bits per heavy atom. The Morgan fingerprint density at radius 1 is 0.828 bits per heavy atom. The molecule has 5 nitrogen and oxygen atoms in total. The summed E-state index contributed by atoms with van der Waals surface area (Å²) in [6.45, 7) is 5.53. The first-order valence-electron chi connectivity index (χ1n) is 8.84. The monoisotopic (exact) mass is 371 g/mol. The first-order chi connectivity index (χ1) is 14.2. The van der Waals surface area contributed by atoms with Crippen LogP contribution in [0.3, 0.4) is 0 Å².